The Labute approximate surface area is 135 Å². The van der Waals surface area contributed by atoms with Crippen LogP contribution in [-0.2, 0) is 16.6 Å². The quantitative estimate of drug-likeness (QED) is 0.778. The molecule has 0 bridgehead atoms. The molecule has 0 atom stereocenters. The molecule has 1 aromatic heterocycles. The van der Waals surface area contributed by atoms with Crippen LogP contribution in [0.1, 0.15) is 31.2 Å². The zero-order valence-corrected chi connectivity index (χ0v) is 13.8. The fourth-order valence-corrected chi connectivity index (χ4v) is 3.24. The van der Waals surface area contributed by atoms with Gasteiger partial charge in [-0.15, -0.1) is 0 Å². The fourth-order valence-electron chi connectivity index (χ4n) is 2.27. The van der Waals surface area contributed by atoms with Crippen LogP contribution in [0, 0.1) is 0 Å². The van der Waals surface area contributed by atoms with Gasteiger partial charge in [-0.05, 0) is 35.7 Å². The number of nitrogens with zero attached hydrogens (tertiary/aromatic N) is 1. The van der Waals surface area contributed by atoms with Crippen molar-refractivity contribution in [3.8, 4) is 0 Å². The maximum absolute atomic E-state index is 12.3. The van der Waals surface area contributed by atoms with E-state index in [0.29, 0.717) is 22.9 Å². The first-order valence-corrected chi connectivity index (χ1v) is 8.88. The minimum absolute atomic E-state index is 0.0168. The van der Waals surface area contributed by atoms with Gasteiger partial charge >= 0.3 is 0 Å². The van der Waals surface area contributed by atoms with Crippen LogP contribution in [0.2, 0.25) is 0 Å². The molecule has 0 aliphatic rings. The van der Waals surface area contributed by atoms with E-state index in [9.17, 15) is 8.42 Å². The summed E-state index contributed by atoms with van der Waals surface area (Å²) in [5.74, 6) is 0.702. The van der Waals surface area contributed by atoms with Gasteiger partial charge in [0.25, 0.3) is 0 Å². The van der Waals surface area contributed by atoms with Crippen molar-refractivity contribution in [3.63, 3.8) is 0 Å². The summed E-state index contributed by atoms with van der Waals surface area (Å²) in [7, 11) is -3.59. The Bertz CT molecular complexity index is 879. The summed E-state index contributed by atoms with van der Waals surface area (Å²) in [6.45, 7) is 4.15. The predicted molar refractivity (Wildman–Crippen MR) is 88.6 cm³/mol. The van der Waals surface area contributed by atoms with Gasteiger partial charge < -0.3 is 4.42 Å². The lowest BCUT2D eigenvalue weighted by molar-refractivity contribution is 0.513. The molecular weight excluding hydrogens is 312 g/mol. The molecule has 6 heteroatoms. The molecule has 3 rings (SSSR count). The zero-order chi connectivity index (χ0) is 16.4. The summed E-state index contributed by atoms with van der Waals surface area (Å²) in [6, 6.07) is 14.2. The van der Waals surface area contributed by atoms with Gasteiger partial charge in [-0.25, -0.2) is 18.1 Å². The van der Waals surface area contributed by atoms with E-state index in [1.807, 2.05) is 30.3 Å². The van der Waals surface area contributed by atoms with Crippen molar-refractivity contribution >= 4 is 21.1 Å². The summed E-state index contributed by atoms with van der Waals surface area (Å²) in [5.41, 5.74) is 2.45. The predicted octanol–water partition coefficient (Wildman–Crippen LogP) is 3.43. The monoisotopic (exact) mass is 330 g/mol. The van der Waals surface area contributed by atoms with Gasteiger partial charge in [0.15, 0.2) is 5.58 Å². The molecule has 0 spiro atoms. The highest BCUT2D eigenvalue weighted by atomic mass is 32.2. The minimum Gasteiger partial charge on any atom is -0.439 e. The topological polar surface area (TPSA) is 72.2 Å². The van der Waals surface area contributed by atoms with E-state index in [2.05, 4.69) is 23.6 Å². The van der Waals surface area contributed by atoms with Gasteiger partial charge in [-0.2, -0.15) is 0 Å². The molecule has 0 amide bonds. The van der Waals surface area contributed by atoms with Crippen molar-refractivity contribution in [1.82, 2.24) is 9.71 Å². The Morgan fingerprint density at radius 3 is 2.43 bits per heavy atom. The largest absolute Gasteiger partial charge is 0.439 e. The first-order valence-electron chi connectivity index (χ1n) is 7.40. The van der Waals surface area contributed by atoms with Crippen LogP contribution < -0.4 is 4.72 Å². The second-order valence-corrected chi connectivity index (χ2v) is 7.39. The maximum atomic E-state index is 12.3. The lowest BCUT2D eigenvalue weighted by atomic mass is 10.0. The highest BCUT2D eigenvalue weighted by Gasteiger charge is 2.15. The standard InChI is InChI=1S/C17H18N2O3S/c1-12(2)13-7-9-14(10-8-13)23(20,21)18-11-17-19-15-5-3-4-6-16(15)22-17/h3-10,12,18H,11H2,1-2H3. The van der Waals surface area contributed by atoms with Crippen LogP contribution >= 0.6 is 0 Å². The Kier molecular flexibility index (Phi) is 4.19. The van der Waals surface area contributed by atoms with Crippen molar-refractivity contribution in [3.05, 3.63) is 60.0 Å². The molecule has 0 saturated heterocycles. The summed E-state index contributed by atoms with van der Waals surface area (Å²) in [4.78, 5) is 4.49. The fraction of sp³-hybridized carbons (Fsp3) is 0.235. The Balaban J connectivity index is 1.75. The molecule has 0 radical (unpaired) electrons. The molecule has 23 heavy (non-hydrogen) atoms. The Morgan fingerprint density at radius 1 is 1.09 bits per heavy atom. The van der Waals surface area contributed by atoms with Crippen LogP contribution in [-0.4, -0.2) is 13.4 Å². The van der Waals surface area contributed by atoms with Crippen molar-refractivity contribution in [2.45, 2.75) is 31.2 Å². The molecule has 0 aliphatic heterocycles. The lowest BCUT2D eigenvalue weighted by Crippen LogP contribution is -2.23. The number of hydrogen-bond donors (Lipinski definition) is 1. The molecule has 0 aliphatic carbocycles. The Morgan fingerprint density at radius 2 is 1.78 bits per heavy atom. The highest BCUT2D eigenvalue weighted by Crippen LogP contribution is 2.18. The van der Waals surface area contributed by atoms with E-state index in [1.165, 1.54) is 0 Å². The second-order valence-electron chi connectivity index (χ2n) is 5.62. The highest BCUT2D eigenvalue weighted by molar-refractivity contribution is 7.89. The molecule has 1 heterocycles. The number of nitrogens with one attached hydrogen (secondary N) is 1. The summed E-state index contributed by atoms with van der Waals surface area (Å²) in [6.07, 6.45) is 0. The van der Waals surface area contributed by atoms with E-state index in [4.69, 9.17) is 4.42 Å². The minimum atomic E-state index is -3.59. The van der Waals surface area contributed by atoms with Crippen molar-refractivity contribution < 1.29 is 12.8 Å². The van der Waals surface area contributed by atoms with E-state index < -0.39 is 10.0 Å². The lowest BCUT2D eigenvalue weighted by Gasteiger charge is -2.08. The van der Waals surface area contributed by atoms with E-state index in [1.54, 1.807) is 18.2 Å². The molecular formula is C17H18N2O3S. The molecule has 0 unspecified atom stereocenters. The molecule has 0 saturated carbocycles. The smallest absolute Gasteiger partial charge is 0.241 e. The second kappa shape index (κ2) is 6.14. The van der Waals surface area contributed by atoms with Gasteiger partial charge in [-0.3, -0.25) is 0 Å². The molecule has 5 nitrogen and oxygen atoms in total. The van der Waals surface area contributed by atoms with Gasteiger partial charge in [0.05, 0.1) is 11.4 Å². The normalized spacial score (nSPS) is 12.1. The number of benzene rings is 2. The number of oxazole rings is 1. The average Bonchev–Trinajstić information content (AvgIpc) is 2.96. The zero-order valence-electron chi connectivity index (χ0n) is 13.0. The number of hydrogen-bond acceptors (Lipinski definition) is 4. The third-order valence-corrected chi connectivity index (χ3v) is 5.03. The van der Waals surface area contributed by atoms with Gasteiger partial charge in [0, 0.05) is 0 Å². The number of rotatable bonds is 5. The van der Waals surface area contributed by atoms with Gasteiger partial charge in [0.1, 0.15) is 5.52 Å². The molecule has 1 N–H and O–H groups in total. The molecule has 120 valence electrons. The molecule has 2 aromatic carbocycles. The van der Waals surface area contributed by atoms with Crippen molar-refractivity contribution in [2.75, 3.05) is 0 Å². The van der Waals surface area contributed by atoms with Crippen LogP contribution in [0.25, 0.3) is 11.1 Å². The third-order valence-electron chi connectivity index (χ3n) is 3.61. The van der Waals surface area contributed by atoms with Gasteiger partial charge in [-0.1, -0.05) is 38.1 Å². The number of sulfonamides is 1. The van der Waals surface area contributed by atoms with E-state index in [-0.39, 0.29) is 11.4 Å². The van der Waals surface area contributed by atoms with Crippen LogP contribution in [0.15, 0.2) is 57.8 Å². The first kappa shape index (κ1) is 15.7. The number of fused-ring (bicyclic) bond motifs is 1. The molecule has 3 aromatic rings. The Hall–Kier alpha value is -2.18. The van der Waals surface area contributed by atoms with Crippen LogP contribution in [0.4, 0.5) is 0 Å². The summed E-state index contributed by atoms with van der Waals surface area (Å²) >= 11 is 0. The number of para-hydroxylation sites is 2. The maximum Gasteiger partial charge on any atom is 0.241 e. The van der Waals surface area contributed by atoms with Crippen molar-refractivity contribution in [1.29, 1.82) is 0 Å². The average molecular weight is 330 g/mol. The van der Waals surface area contributed by atoms with Crippen LogP contribution in [0.5, 0.6) is 0 Å². The van der Waals surface area contributed by atoms with E-state index >= 15 is 0 Å². The third kappa shape index (κ3) is 3.43. The molecule has 0 fully saturated rings. The summed E-state index contributed by atoms with van der Waals surface area (Å²) < 4.78 is 32.7. The van der Waals surface area contributed by atoms with Gasteiger partial charge in [0.2, 0.25) is 15.9 Å². The van der Waals surface area contributed by atoms with E-state index in [0.717, 1.165) is 5.56 Å². The number of aromatic nitrogens is 1. The summed E-state index contributed by atoms with van der Waals surface area (Å²) in [5, 5.41) is 0. The first-order chi connectivity index (χ1) is 11.0. The van der Waals surface area contributed by atoms with Crippen LogP contribution in [0.3, 0.4) is 0 Å². The van der Waals surface area contributed by atoms with Crippen molar-refractivity contribution in [2.24, 2.45) is 0 Å². The SMILES string of the molecule is CC(C)c1ccc(S(=O)(=O)NCc2nc3ccccc3o2)cc1.